The Balaban J connectivity index is 2.06. The highest BCUT2D eigenvalue weighted by Gasteiger charge is 2.38. The Labute approximate surface area is 194 Å². The third-order valence-electron chi connectivity index (χ3n) is 5.41. The molecule has 172 valence electrons. The van der Waals surface area contributed by atoms with Crippen LogP contribution in [-0.2, 0) is 9.30 Å². The van der Waals surface area contributed by atoms with Crippen molar-refractivity contribution in [3.8, 4) is 5.75 Å². The number of carbonyl (C=O) groups excluding carboxylic acids is 2. The maximum absolute atomic E-state index is 14.5. The largest absolute Gasteiger partial charge is 0.489 e. The Morgan fingerprint density at radius 3 is 1.91 bits per heavy atom. The Kier molecular flexibility index (Phi) is 7.72. The maximum Gasteiger partial charge on any atom is 0.406 e. The first kappa shape index (κ1) is 24.3. The second-order valence-electron chi connectivity index (χ2n) is 7.66. The summed E-state index contributed by atoms with van der Waals surface area (Å²) >= 11 is 0. The van der Waals surface area contributed by atoms with Gasteiger partial charge in [-0.2, -0.15) is 0 Å². The van der Waals surface area contributed by atoms with Gasteiger partial charge in [0.1, 0.15) is 19.0 Å². The summed E-state index contributed by atoms with van der Waals surface area (Å²) in [5.41, 5.74) is 2.15. The summed E-state index contributed by atoms with van der Waals surface area (Å²) in [5, 5.41) is 3.35. The standard InChI is InChI=1S/C26H28NO5P/c1-18-17-19(2)24(31-15-16-32-26(29)27-4)20(3)23(18)25(28)33(30,21-11-7-5-8-12-21)22-13-9-6-10-14-22/h5-14,17H,15-16H2,1-4H3,(H,27,29). The molecule has 6 nitrogen and oxygen atoms in total. The molecule has 0 atom stereocenters. The van der Waals surface area contributed by atoms with Crippen LogP contribution in [0, 0.1) is 20.8 Å². The van der Waals surface area contributed by atoms with Crippen molar-refractivity contribution in [2.24, 2.45) is 0 Å². The molecule has 0 saturated carbocycles. The zero-order chi connectivity index (χ0) is 24.0. The Morgan fingerprint density at radius 2 is 1.39 bits per heavy atom. The Bertz CT molecular complexity index is 1150. The van der Waals surface area contributed by atoms with Gasteiger partial charge in [-0.25, -0.2) is 4.79 Å². The Morgan fingerprint density at radius 1 is 0.848 bits per heavy atom. The molecule has 1 N–H and O–H groups in total. The molecule has 0 aliphatic heterocycles. The minimum Gasteiger partial charge on any atom is -0.489 e. The number of ether oxygens (including phenoxy) is 2. The van der Waals surface area contributed by atoms with E-state index in [0.717, 1.165) is 11.1 Å². The van der Waals surface area contributed by atoms with Crippen LogP contribution in [0.2, 0.25) is 0 Å². The molecule has 0 aliphatic carbocycles. The number of hydrogen-bond donors (Lipinski definition) is 1. The first-order valence-electron chi connectivity index (χ1n) is 10.6. The molecule has 0 fully saturated rings. The molecule has 0 bridgehead atoms. The molecule has 0 spiro atoms. The quantitative estimate of drug-likeness (QED) is 0.391. The lowest BCUT2D eigenvalue weighted by Gasteiger charge is -2.22. The van der Waals surface area contributed by atoms with Gasteiger partial charge in [-0.05, 0) is 31.9 Å². The summed E-state index contributed by atoms with van der Waals surface area (Å²) in [5.74, 6) is 0.525. The van der Waals surface area contributed by atoms with Crippen LogP contribution in [0.1, 0.15) is 27.0 Å². The van der Waals surface area contributed by atoms with Gasteiger partial charge in [0.25, 0.3) is 0 Å². The monoisotopic (exact) mass is 465 g/mol. The molecule has 0 radical (unpaired) electrons. The fraction of sp³-hybridized carbons (Fsp3) is 0.231. The number of nitrogens with one attached hydrogen (secondary N) is 1. The first-order valence-corrected chi connectivity index (χ1v) is 12.4. The van der Waals surface area contributed by atoms with Gasteiger partial charge in [-0.15, -0.1) is 0 Å². The van der Waals surface area contributed by atoms with Crippen molar-refractivity contribution in [2.45, 2.75) is 20.8 Å². The van der Waals surface area contributed by atoms with E-state index in [4.69, 9.17) is 9.47 Å². The summed E-state index contributed by atoms with van der Waals surface area (Å²) in [7, 11) is -2.17. The highest BCUT2D eigenvalue weighted by atomic mass is 31.2. The number of alkyl carbamates (subject to hydrolysis) is 1. The molecule has 3 rings (SSSR count). The van der Waals surface area contributed by atoms with E-state index < -0.39 is 18.8 Å². The van der Waals surface area contributed by atoms with Gasteiger partial charge in [-0.1, -0.05) is 66.7 Å². The molecule has 0 unspecified atom stereocenters. The first-order chi connectivity index (χ1) is 15.8. The molecular formula is C26H28NO5P. The van der Waals surface area contributed by atoms with Crippen molar-refractivity contribution < 1.29 is 23.6 Å². The molecule has 1 amide bonds. The number of carbonyl (C=O) groups is 2. The van der Waals surface area contributed by atoms with E-state index in [0.29, 0.717) is 27.5 Å². The summed E-state index contributed by atoms with van der Waals surface area (Å²) in [4.78, 5) is 25.3. The lowest BCUT2D eigenvalue weighted by atomic mass is 9.99. The SMILES string of the molecule is CNC(=O)OCCOc1c(C)cc(C)c(C(=O)P(=O)(c2ccccc2)c2ccccc2)c1C. The fourth-order valence-electron chi connectivity index (χ4n) is 3.89. The summed E-state index contributed by atoms with van der Waals surface area (Å²) in [6.07, 6.45) is -0.543. The second-order valence-corrected chi connectivity index (χ2v) is 10.3. The van der Waals surface area contributed by atoms with Crippen LogP contribution in [0.15, 0.2) is 66.7 Å². The fourth-order valence-corrected chi connectivity index (χ4v) is 6.50. The number of amides is 1. The minimum atomic E-state index is -3.65. The number of aryl methyl sites for hydroxylation is 2. The number of benzene rings is 3. The maximum atomic E-state index is 14.5. The third kappa shape index (κ3) is 5.01. The predicted molar refractivity (Wildman–Crippen MR) is 131 cm³/mol. The predicted octanol–water partition coefficient (Wildman–Crippen LogP) is 4.50. The molecule has 3 aromatic rings. The van der Waals surface area contributed by atoms with Crippen molar-refractivity contribution in [1.82, 2.24) is 5.32 Å². The number of hydrogen-bond acceptors (Lipinski definition) is 5. The molecule has 0 heterocycles. The molecular weight excluding hydrogens is 437 g/mol. The third-order valence-corrected chi connectivity index (χ3v) is 8.25. The van der Waals surface area contributed by atoms with E-state index in [1.165, 1.54) is 7.05 Å². The van der Waals surface area contributed by atoms with Gasteiger partial charge in [-0.3, -0.25) is 4.79 Å². The van der Waals surface area contributed by atoms with Crippen LogP contribution in [0.4, 0.5) is 4.79 Å². The highest BCUT2D eigenvalue weighted by molar-refractivity contribution is 7.93. The highest BCUT2D eigenvalue weighted by Crippen LogP contribution is 2.48. The van der Waals surface area contributed by atoms with Crippen molar-refractivity contribution in [2.75, 3.05) is 20.3 Å². The molecule has 0 saturated heterocycles. The van der Waals surface area contributed by atoms with E-state index in [2.05, 4.69) is 5.32 Å². The van der Waals surface area contributed by atoms with E-state index in [1.54, 1.807) is 55.5 Å². The average molecular weight is 465 g/mol. The van der Waals surface area contributed by atoms with E-state index in [-0.39, 0.29) is 13.2 Å². The lowest BCUT2D eigenvalue weighted by Crippen LogP contribution is -2.24. The molecule has 7 heteroatoms. The van der Waals surface area contributed by atoms with Crippen molar-refractivity contribution in [1.29, 1.82) is 0 Å². The lowest BCUT2D eigenvalue weighted by molar-refractivity contribution is 0.107. The zero-order valence-electron chi connectivity index (χ0n) is 19.3. The number of rotatable bonds is 8. The molecule has 33 heavy (non-hydrogen) atoms. The minimum absolute atomic E-state index is 0.0578. The van der Waals surface area contributed by atoms with Gasteiger partial charge in [0.15, 0.2) is 0 Å². The van der Waals surface area contributed by atoms with E-state index in [9.17, 15) is 14.2 Å². The average Bonchev–Trinajstić information content (AvgIpc) is 2.83. The zero-order valence-corrected chi connectivity index (χ0v) is 20.1. The van der Waals surface area contributed by atoms with Gasteiger partial charge in [0.05, 0.1) is 0 Å². The summed E-state index contributed by atoms with van der Waals surface area (Å²) in [6, 6.07) is 19.6. The van der Waals surface area contributed by atoms with Gasteiger partial charge >= 0.3 is 6.09 Å². The second kappa shape index (κ2) is 10.5. The Hall–Kier alpha value is -3.37. The van der Waals surface area contributed by atoms with Crippen molar-refractivity contribution in [3.63, 3.8) is 0 Å². The van der Waals surface area contributed by atoms with Gasteiger partial charge in [0, 0.05) is 28.8 Å². The molecule has 0 aromatic heterocycles. The van der Waals surface area contributed by atoms with E-state index >= 15 is 0 Å². The normalized spacial score (nSPS) is 11.0. The van der Waals surface area contributed by atoms with Crippen LogP contribution in [-0.4, -0.2) is 31.9 Å². The van der Waals surface area contributed by atoms with E-state index in [1.807, 2.05) is 32.0 Å². The summed E-state index contributed by atoms with van der Waals surface area (Å²) < 4.78 is 25.4. The van der Waals surface area contributed by atoms with Gasteiger partial charge < -0.3 is 19.4 Å². The van der Waals surface area contributed by atoms with Gasteiger partial charge in [0.2, 0.25) is 12.7 Å². The van der Waals surface area contributed by atoms with Crippen LogP contribution in [0.3, 0.4) is 0 Å². The van der Waals surface area contributed by atoms with Crippen LogP contribution >= 0.6 is 7.14 Å². The molecule has 0 aliphatic rings. The van der Waals surface area contributed by atoms with Crippen molar-refractivity contribution >= 4 is 29.4 Å². The summed E-state index contributed by atoms with van der Waals surface area (Å²) in [6.45, 7) is 5.70. The van der Waals surface area contributed by atoms with Crippen molar-refractivity contribution in [3.05, 3.63) is 89.0 Å². The smallest absolute Gasteiger partial charge is 0.406 e. The van der Waals surface area contributed by atoms with Crippen LogP contribution < -0.4 is 20.7 Å². The van der Waals surface area contributed by atoms with Crippen LogP contribution in [0.5, 0.6) is 5.75 Å². The van der Waals surface area contributed by atoms with Crippen LogP contribution in [0.25, 0.3) is 0 Å². The topological polar surface area (TPSA) is 81.7 Å². The molecule has 3 aromatic carbocycles.